The first-order valence-corrected chi connectivity index (χ1v) is 9.46. The summed E-state index contributed by atoms with van der Waals surface area (Å²) < 4.78 is 51.4. The summed E-state index contributed by atoms with van der Waals surface area (Å²) in [7, 11) is 0. The zero-order valence-corrected chi connectivity index (χ0v) is 16.7. The Balaban J connectivity index is 1.75. The number of allylic oxidation sites excluding steroid dienone is 4. The number of halogens is 4. The Hall–Kier alpha value is -3.40. The first kappa shape index (κ1) is 20.9. The monoisotopic (exact) mass is 450 g/mol. The van der Waals surface area contributed by atoms with Crippen LogP contribution in [0.1, 0.15) is 30.0 Å². The second-order valence-corrected chi connectivity index (χ2v) is 7.09. The summed E-state index contributed by atoms with van der Waals surface area (Å²) >= 11 is 5.92. The van der Waals surface area contributed by atoms with Gasteiger partial charge in [0.05, 0.1) is 0 Å². The van der Waals surface area contributed by atoms with Gasteiger partial charge in [0.25, 0.3) is 11.4 Å². The topological polar surface area (TPSA) is 93.9 Å². The number of hydrogen-bond donors (Lipinski definition) is 1. The normalized spacial score (nSPS) is 13.9. The predicted molar refractivity (Wildman–Crippen MR) is 106 cm³/mol. The first-order chi connectivity index (χ1) is 14.7. The van der Waals surface area contributed by atoms with Crippen LogP contribution in [0.15, 0.2) is 45.7 Å². The number of hydrogen-bond acceptors (Lipinski definition) is 6. The molecule has 4 rings (SSSR count). The van der Waals surface area contributed by atoms with Crippen molar-refractivity contribution in [2.45, 2.75) is 25.9 Å². The molecule has 0 saturated carbocycles. The molecule has 0 unspecified atom stereocenters. The molecule has 1 N–H and O–H groups in total. The van der Waals surface area contributed by atoms with Crippen LogP contribution in [0.4, 0.5) is 13.2 Å². The third-order valence-corrected chi connectivity index (χ3v) is 4.85. The molecule has 7 nitrogen and oxygen atoms in total. The average molecular weight is 451 g/mol. The molecule has 3 aromatic rings. The van der Waals surface area contributed by atoms with Gasteiger partial charge in [-0.1, -0.05) is 35.0 Å². The van der Waals surface area contributed by atoms with Crippen LogP contribution >= 0.6 is 11.6 Å². The largest absolute Gasteiger partial charge is 0.449 e. The van der Waals surface area contributed by atoms with Gasteiger partial charge in [-0.25, -0.2) is 4.98 Å². The van der Waals surface area contributed by atoms with Crippen molar-refractivity contribution in [3.63, 3.8) is 0 Å². The molecule has 0 saturated heterocycles. The molecule has 0 fully saturated rings. The van der Waals surface area contributed by atoms with Gasteiger partial charge in [-0.15, -0.1) is 0 Å². The number of aromatic nitrogens is 4. The van der Waals surface area contributed by atoms with E-state index in [1.165, 1.54) is 18.2 Å². The fraction of sp³-hybridized carbons (Fsp3) is 0.200. The molecule has 31 heavy (non-hydrogen) atoms. The van der Waals surface area contributed by atoms with E-state index in [0.29, 0.717) is 17.0 Å². The maximum absolute atomic E-state index is 13.7. The number of aryl methyl sites for hydroxylation is 1. The van der Waals surface area contributed by atoms with Crippen molar-refractivity contribution < 1.29 is 22.4 Å². The predicted octanol–water partition coefficient (Wildman–Crippen LogP) is 5.33. The third-order valence-electron chi connectivity index (χ3n) is 4.42. The minimum Gasteiger partial charge on any atom is -0.449 e. The molecule has 1 aromatic carbocycles. The zero-order valence-electron chi connectivity index (χ0n) is 16.0. The molecule has 0 aliphatic heterocycles. The van der Waals surface area contributed by atoms with Crippen LogP contribution < -0.4 is 10.3 Å². The second-order valence-electron chi connectivity index (χ2n) is 6.68. The second kappa shape index (κ2) is 8.03. The number of aromatic amines is 1. The molecule has 160 valence electrons. The lowest BCUT2D eigenvalue weighted by atomic mass is 10.1. The van der Waals surface area contributed by atoms with Gasteiger partial charge in [0.1, 0.15) is 5.75 Å². The minimum absolute atomic E-state index is 0.00610. The van der Waals surface area contributed by atoms with Crippen molar-refractivity contribution >= 4 is 17.2 Å². The van der Waals surface area contributed by atoms with Crippen LogP contribution in [0.3, 0.4) is 0 Å². The van der Waals surface area contributed by atoms with Crippen LogP contribution in [0.2, 0.25) is 5.02 Å². The smallest absolute Gasteiger partial charge is 0.437 e. The van der Waals surface area contributed by atoms with Crippen LogP contribution in [0, 0.1) is 6.92 Å². The van der Waals surface area contributed by atoms with E-state index in [2.05, 4.69) is 20.1 Å². The molecule has 11 heteroatoms. The van der Waals surface area contributed by atoms with Gasteiger partial charge in [-0.2, -0.15) is 18.2 Å². The van der Waals surface area contributed by atoms with Gasteiger partial charge >= 0.3 is 6.18 Å². The Kier molecular flexibility index (Phi) is 5.40. The highest BCUT2D eigenvalue weighted by Gasteiger charge is 2.39. The Morgan fingerprint density at radius 3 is 2.74 bits per heavy atom. The van der Waals surface area contributed by atoms with Gasteiger partial charge in [0, 0.05) is 10.6 Å². The van der Waals surface area contributed by atoms with Crippen LogP contribution in [0.5, 0.6) is 11.5 Å². The van der Waals surface area contributed by atoms with E-state index in [0.717, 1.165) is 12.0 Å². The Bertz CT molecular complexity index is 1260. The first-order valence-electron chi connectivity index (χ1n) is 9.08. The highest BCUT2D eigenvalue weighted by molar-refractivity contribution is 6.31. The van der Waals surface area contributed by atoms with E-state index < -0.39 is 29.0 Å². The summed E-state index contributed by atoms with van der Waals surface area (Å²) in [5, 5.41) is 4.06. The van der Waals surface area contributed by atoms with E-state index >= 15 is 0 Å². The van der Waals surface area contributed by atoms with Crippen LogP contribution in [-0.4, -0.2) is 20.1 Å². The van der Waals surface area contributed by atoms with Crippen LogP contribution in [-0.2, 0) is 6.18 Å². The maximum Gasteiger partial charge on any atom is 0.437 e. The summed E-state index contributed by atoms with van der Waals surface area (Å²) in [6.45, 7) is 1.65. The van der Waals surface area contributed by atoms with Gasteiger partial charge in [-0.3, -0.25) is 4.79 Å². The van der Waals surface area contributed by atoms with Gasteiger partial charge < -0.3 is 14.2 Å². The Labute approximate surface area is 178 Å². The number of nitrogens with one attached hydrogen (secondary N) is 1. The molecule has 0 atom stereocenters. The summed E-state index contributed by atoms with van der Waals surface area (Å²) in [6.07, 6.45) is 1.98. The third kappa shape index (κ3) is 4.38. The molecule has 1 aliphatic carbocycles. The lowest BCUT2D eigenvalue weighted by molar-refractivity contribution is -0.142. The molecular weight excluding hydrogens is 437 g/mol. The van der Waals surface area contributed by atoms with Crippen molar-refractivity contribution in [2.24, 2.45) is 0 Å². The van der Waals surface area contributed by atoms with Crippen molar-refractivity contribution in [1.29, 1.82) is 0 Å². The highest BCUT2D eigenvalue weighted by atomic mass is 35.5. The fourth-order valence-electron chi connectivity index (χ4n) is 2.88. The summed E-state index contributed by atoms with van der Waals surface area (Å²) in [4.78, 5) is 22.3. The Morgan fingerprint density at radius 1 is 1.26 bits per heavy atom. The van der Waals surface area contributed by atoms with Gasteiger partial charge in [0.15, 0.2) is 11.5 Å². The number of ether oxygens (including phenoxy) is 1. The standard InChI is InChI=1S/C20H14ClF3N4O3/c1-10-9-12(7-8-13(10)21)30-14-15(20(22,23)24)25-16(26-18(14)29)17-27-19(31-28-17)11-5-3-2-4-6-11/h2-3,5,7-9H,4,6H2,1H3,(H,25,26,29). The van der Waals surface area contributed by atoms with E-state index in [-0.39, 0.29) is 17.5 Å². The van der Waals surface area contributed by atoms with E-state index in [9.17, 15) is 18.0 Å². The van der Waals surface area contributed by atoms with Crippen molar-refractivity contribution in [3.8, 4) is 23.1 Å². The molecule has 0 amide bonds. The highest BCUT2D eigenvalue weighted by Crippen LogP contribution is 2.36. The molecule has 2 heterocycles. The maximum atomic E-state index is 13.7. The van der Waals surface area contributed by atoms with Gasteiger partial charge in [-0.05, 0) is 43.5 Å². The fourth-order valence-corrected chi connectivity index (χ4v) is 3.00. The van der Waals surface area contributed by atoms with Crippen molar-refractivity contribution in [3.05, 3.63) is 69.0 Å². The number of benzene rings is 1. The lowest BCUT2D eigenvalue weighted by Gasteiger charge is -2.13. The lowest BCUT2D eigenvalue weighted by Crippen LogP contribution is -2.21. The summed E-state index contributed by atoms with van der Waals surface area (Å²) in [5.74, 6) is -1.61. The summed E-state index contributed by atoms with van der Waals surface area (Å²) in [6, 6.07) is 4.21. The van der Waals surface area contributed by atoms with Gasteiger partial charge in [0.2, 0.25) is 11.6 Å². The van der Waals surface area contributed by atoms with E-state index in [1.807, 2.05) is 12.2 Å². The number of alkyl halides is 3. The number of rotatable bonds is 4. The zero-order chi connectivity index (χ0) is 22.2. The molecule has 0 bridgehead atoms. The molecule has 0 spiro atoms. The SMILES string of the molecule is Cc1cc(Oc2c(C(F)(F)F)nc(-c3noc(C4=CC=CCC4)n3)[nH]c2=O)ccc1Cl. The molecule has 2 aromatic heterocycles. The number of H-pyrrole nitrogens is 1. The van der Waals surface area contributed by atoms with Crippen LogP contribution in [0.25, 0.3) is 17.2 Å². The summed E-state index contributed by atoms with van der Waals surface area (Å²) in [5.41, 5.74) is -1.35. The Morgan fingerprint density at radius 2 is 2.06 bits per heavy atom. The molecule has 0 radical (unpaired) electrons. The molecular formula is C20H14ClF3N4O3. The quantitative estimate of drug-likeness (QED) is 0.577. The number of nitrogens with zero attached hydrogens (tertiary/aromatic N) is 3. The minimum atomic E-state index is -4.97. The van der Waals surface area contributed by atoms with E-state index in [1.54, 1.807) is 13.0 Å². The van der Waals surface area contributed by atoms with Crippen molar-refractivity contribution in [1.82, 2.24) is 20.1 Å². The molecule has 1 aliphatic rings. The van der Waals surface area contributed by atoms with E-state index in [4.69, 9.17) is 20.9 Å². The van der Waals surface area contributed by atoms with Crippen molar-refractivity contribution in [2.75, 3.05) is 0 Å². The average Bonchev–Trinajstić information content (AvgIpc) is 3.22.